The summed E-state index contributed by atoms with van der Waals surface area (Å²) in [5.41, 5.74) is 1.05. The molecule has 0 saturated heterocycles. The lowest BCUT2D eigenvalue weighted by molar-refractivity contribution is 0.0828. The van der Waals surface area contributed by atoms with Crippen molar-refractivity contribution in [2.75, 3.05) is 13.7 Å². The number of nitrogens with zero attached hydrogens (tertiary/aromatic N) is 1. The highest BCUT2D eigenvalue weighted by Gasteiger charge is 2.17. The molecule has 1 amide bonds. The number of amides is 1. The molecule has 0 spiro atoms. The van der Waals surface area contributed by atoms with E-state index in [0.717, 1.165) is 5.56 Å². The lowest BCUT2D eigenvalue weighted by atomic mass is 10.1. The van der Waals surface area contributed by atoms with Crippen LogP contribution in [0.1, 0.15) is 22.0 Å². The molecule has 1 aromatic carbocycles. The maximum Gasteiger partial charge on any atom is 0.254 e. The van der Waals surface area contributed by atoms with Crippen molar-refractivity contribution in [3.63, 3.8) is 0 Å². The van der Waals surface area contributed by atoms with Gasteiger partial charge in [-0.05, 0) is 24.3 Å². The number of ether oxygens (including phenoxy) is 1. The third-order valence-corrected chi connectivity index (χ3v) is 3.91. The van der Waals surface area contributed by atoms with Crippen molar-refractivity contribution in [3.05, 3.63) is 62.9 Å². The molecule has 1 N–H and O–H groups in total. The second-order valence-electron chi connectivity index (χ2n) is 4.44. The summed E-state index contributed by atoms with van der Waals surface area (Å²) in [6.45, 7) is 0.238. The van der Waals surface area contributed by atoms with Crippen LogP contribution in [0.5, 0.6) is 0 Å². The summed E-state index contributed by atoms with van der Waals surface area (Å²) in [5, 5.41) is 3.92. The third-order valence-electron chi connectivity index (χ3n) is 3.05. The summed E-state index contributed by atoms with van der Waals surface area (Å²) in [5.74, 6) is -0.328. The normalized spacial score (nSPS) is 12.0. The molecule has 0 aliphatic carbocycles. The molecule has 0 fully saturated rings. The number of rotatable bonds is 5. The standard InChI is InChI=1S/C15H13Cl3N2O2/c1-22-13(10-5-4-9(16)7-12(10)17)8-20-15(21)11-3-2-6-19-14(11)18/h2-7,13H,8H2,1H3,(H,20,21)/t13-/m0/s1. The molecular weight excluding hydrogens is 347 g/mol. The van der Waals surface area contributed by atoms with E-state index in [9.17, 15) is 4.79 Å². The zero-order chi connectivity index (χ0) is 16.1. The van der Waals surface area contributed by atoms with Crippen LogP contribution in [0.25, 0.3) is 0 Å². The summed E-state index contributed by atoms with van der Waals surface area (Å²) in [7, 11) is 1.54. The monoisotopic (exact) mass is 358 g/mol. The van der Waals surface area contributed by atoms with Crippen LogP contribution in [0.15, 0.2) is 36.5 Å². The van der Waals surface area contributed by atoms with Crippen molar-refractivity contribution >= 4 is 40.7 Å². The predicted molar refractivity (Wildman–Crippen MR) is 87.8 cm³/mol. The van der Waals surface area contributed by atoms with Gasteiger partial charge in [0, 0.05) is 35.5 Å². The van der Waals surface area contributed by atoms with Crippen molar-refractivity contribution in [3.8, 4) is 0 Å². The first kappa shape index (κ1) is 17.0. The molecule has 2 rings (SSSR count). The fourth-order valence-corrected chi connectivity index (χ4v) is 2.65. The minimum Gasteiger partial charge on any atom is -0.375 e. The minimum absolute atomic E-state index is 0.151. The maximum absolute atomic E-state index is 12.1. The summed E-state index contributed by atoms with van der Waals surface area (Å²) in [4.78, 5) is 16.0. The largest absolute Gasteiger partial charge is 0.375 e. The number of hydrogen-bond acceptors (Lipinski definition) is 3. The van der Waals surface area contributed by atoms with E-state index in [2.05, 4.69) is 10.3 Å². The SMILES string of the molecule is CO[C@@H](CNC(=O)c1cccnc1Cl)c1ccc(Cl)cc1Cl. The van der Waals surface area contributed by atoms with Crippen LogP contribution >= 0.6 is 34.8 Å². The number of halogens is 3. The van der Waals surface area contributed by atoms with Gasteiger partial charge in [-0.25, -0.2) is 4.98 Å². The van der Waals surface area contributed by atoms with E-state index in [-0.39, 0.29) is 17.6 Å². The van der Waals surface area contributed by atoms with Crippen molar-refractivity contribution < 1.29 is 9.53 Å². The second-order valence-corrected chi connectivity index (χ2v) is 5.64. The highest BCUT2D eigenvalue weighted by molar-refractivity contribution is 6.35. The molecule has 0 bridgehead atoms. The number of carbonyl (C=O) groups is 1. The lowest BCUT2D eigenvalue weighted by Gasteiger charge is -2.18. The average molecular weight is 360 g/mol. The number of methoxy groups -OCH3 is 1. The maximum atomic E-state index is 12.1. The fourth-order valence-electron chi connectivity index (χ4n) is 1.92. The molecule has 22 heavy (non-hydrogen) atoms. The van der Waals surface area contributed by atoms with Crippen LogP contribution in [0, 0.1) is 0 Å². The molecule has 0 aliphatic heterocycles. The molecule has 2 aromatic rings. The molecule has 7 heteroatoms. The van der Waals surface area contributed by atoms with Gasteiger partial charge in [-0.15, -0.1) is 0 Å². The summed E-state index contributed by atoms with van der Waals surface area (Å²) in [6.07, 6.45) is 1.12. The highest BCUT2D eigenvalue weighted by atomic mass is 35.5. The van der Waals surface area contributed by atoms with Gasteiger partial charge in [-0.1, -0.05) is 40.9 Å². The number of nitrogens with one attached hydrogen (secondary N) is 1. The Bertz CT molecular complexity index is 680. The first-order chi connectivity index (χ1) is 10.5. The molecule has 1 aromatic heterocycles. The van der Waals surface area contributed by atoms with Crippen molar-refractivity contribution in [2.24, 2.45) is 0 Å². The topological polar surface area (TPSA) is 51.2 Å². The minimum atomic E-state index is -0.399. The molecule has 0 radical (unpaired) electrons. The number of carbonyl (C=O) groups excluding carboxylic acids is 1. The zero-order valence-corrected chi connectivity index (χ0v) is 13.9. The molecule has 0 saturated carbocycles. The summed E-state index contributed by atoms with van der Waals surface area (Å²) in [6, 6.07) is 8.35. The number of benzene rings is 1. The van der Waals surface area contributed by atoms with E-state index in [4.69, 9.17) is 39.5 Å². The third kappa shape index (κ3) is 4.11. The molecule has 0 aliphatic rings. The van der Waals surface area contributed by atoms with Crippen molar-refractivity contribution in [1.29, 1.82) is 0 Å². The van der Waals surface area contributed by atoms with Gasteiger partial charge in [0.25, 0.3) is 5.91 Å². The Morgan fingerprint density at radius 1 is 1.32 bits per heavy atom. The quantitative estimate of drug-likeness (QED) is 0.816. The Morgan fingerprint density at radius 3 is 2.73 bits per heavy atom. The van der Waals surface area contributed by atoms with E-state index >= 15 is 0 Å². The van der Waals surface area contributed by atoms with E-state index in [1.807, 2.05) is 0 Å². The first-order valence-corrected chi connectivity index (χ1v) is 7.52. The van der Waals surface area contributed by atoms with Crippen LogP contribution in [0.2, 0.25) is 15.2 Å². The van der Waals surface area contributed by atoms with Gasteiger partial charge in [-0.3, -0.25) is 4.79 Å². The highest BCUT2D eigenvalue weighted by Crippen LogP contribution is 2.27. The van der Waals surface area contributed by atoms with Gasteiger partial charge in [-0.2, -0.15) is 0 Å². The van der Waals surface area contributed by atoms with Gasteiger partial charge in [0.1, 0.15) is 11.3 Å². The number of hydrogen-bond donors (Lipinski definition) is 1. The Kier molecular flexibility index (Phi) is 6.03. The smallest absolute Gasteiger partial charge is 0.254 e. The Hall–Kier alpha value is -1.33. The first-order valence-electron chi connectivity index (χ1n) is 6.39. The number of aromatic nitrogens is 1. The van der Waals surface area contributed by atoms with E-state index in [1.165, 1.54) is 6.20 Å². The van der Waals surface area contributed by atoms with Crippen LogP contribution in [0.3, 0.4) is 0 Å². The van der Waals surface area contributed by atoms with Crippen molar-refractivity contribution in [2.45, 2.75) is 6.10 Å². The van der Waals surface area contributed by atoms with Crippen LogP contribution in [-0.4, -0.2) is 24.5 Å². The molecule has 0 unspecified atom stereocenters. The van der Waals surface area contributed by atoms with Gasteiger partial charge >= 0.3 is 0 Å². The Labute approximate surface area is 143 Å². The average Bonchev–Trinajstić information content (AvgIpc) is 2.49. The van der Waals surface area contributed by atoms with Gasteiger partial charge in [0.2, 0.25) is 0 Å². The van der Waals surface area contributed by atoms with Crippen LogP contribution in [-0.2, 0) is 4.74 Å². The van der Waals surface area contributed by atoms with Crippen molar-refractivity contribution in [1.82, 2.24) is 10.3 Å². The summed E-state index contributed by atoms with van der Waals surface area (Å²) < 4.78 is 5.38. The van der Waals surface area contributed by atoms with Crippen LogP contribution < -0.4 is 5.32 Å². The molecular formula is C15H13Cl3N2O2. The zero-order valence-electron chi connectivity index (χ0n) is 11.6. The molecule has 1 atom stereocenters. The fraction of sp³-hybridized carbons (Fsp3) is 0.200. The summed E-state index contributed by atoms with van der Waals surface area (Å²) >= 11 is 17.9. The molecule has 116 valence electrons. The van der Waals surface area contributed by atoms with E-state index in [0.29, 0.717) is 15.6 Å². The van der Waals surface area contributed by atoms with Gasteiger partial charge in [0.05, 0.1) is 5.56 Å². The van der Waals surface area contributed by atoms with Gasteiger partial charge in [0.15, 0.2) is 0 Å². The molecule has 1 heterocycles. The Balaban J connectivity index is 2.08. The van der Waals surface area contributed by atoms with Crippen LogP contribution in [0.4, 0.5) is 0 Å². The van der Waals surface area contributed by atoms with E-state index in [1.54, 1.807) is 37.4 Å². The molecule has 4 nitrogen and oxygen atoms in total. The second kappa shape index (κ2) is 7.79. The lowest BCUT2D eigenvalue weighted by Crippen LogP contribution is -2.29. The predicted octanol–water partition coefficient (Wildman–Crippen LogP) is 4.16. The van der Waals surface area contributed by atoms with E-state index < -0.39 is 6.10 Å². The Morgan fingerprint density at radius 2 is 2.09 bits per heavy atom. The van der Waals surface area contributed by atoms with Gasteiger partial charge < -0.3 is 10.1 Å². The number of pyridine rings is 1.